The number of phenols is 1. The van der Waals surface area contributed by atoms with Gasteiger partial charge in [-0.25, -0.2) is 8.42 Å². The van der Waals surface area contributed by atoms with Gasteiger partial charge >= 0.3 is 0 Å². The number of aromatic hydroxyl groups is 1. The first-order valence-corrected chi connectivity index (χ1v) is 12.5. The summed E-state index contributed by atoms with van der Waals surface area (Å²) in [7, 11) is -2.26. The van der Waals surface area contributed by atoms with Crippen LogP contribution in [0.4, 0.5) is 17.1 Å². The molecule has 1 amide bonds. The van der Waals surface area contributed by atoms with Crippen molar-refractivity contribution in [2.45, 2.75) is 4.90 Å². The highest BCUT2D eigenvalue weighted by molar-refractivity contribution is 7.92. The fourth-order valence-electron chi connectivity index (χ4n) is 3.95. The van der Waals surface area contributed by atoms with Crippen molar-refractivity contribution in [3.8, 4) is 5.75 Å². The minimum absolute atomic E-state index is 0.105. The molecule has 0 bridgehead atoms. The molecular weight excluding hydrogens is 452 g/mol. The van der Waals surface area contributed by atoms with Crippen LogP contribution in [0, 0.1) is 0 Å². The summed E-state index contributed by atoms with van der Waals surface area (Å²) in [5.41, 5.74) is 1.78. The van der Waals surface area contributed by atoms with Gasteiger partial charge in [0.1, 0.15) is 5.75 Å². The van der Waals surface area contributed by atoms with Gasteiger partial charge in [-0.3, -0.25) is 14.0 Å². The number of benzene rings is 3. The highest BCUT2D eigenvalue weighted by Crippen LogP contribution is 2.27. The minimum Gasteiger partial charge on any atom is -0.506 e. The van der Waals surface area contributed by atoms with E-state index in [-0.39, 0.29) is 23.1 Å². The van der Waals surface area contributed by atoms with Crippen LogP contribution >= 0.6 is 0 Å². The van der Waals surface area contributed by atoms with E-state index in [1.165, 1.54) is 23.5 Å². The predicted molar refractivity (Wildman–Crippen MR) is 134 cm³/mol. The maximum Gasteiger partial charge on any atom is 0.264 e. The molecule has 8 nitrogen and oxygen atoms in total. The Labute approximate surface area is 200 Å². The predicted octanol–water partition coefficient (Wildman–Crippen LogP) is 2.98. The van der Waals surface area contributed by atoms with Gasteiger partial charge in [-0.2, -0.15) is 0 Å². The molecule has 0 aliphatic carbocycles. The zero-order valence-electron chi connectivity index (χ0n) is 19.0. The summed E-state index contributed by atoms with van der Waals surface area (Å²) in [6, 6.07) is 22.3. The van der Waals surface area contributed by atoms with E-state index in [1.54, 1.807) is 48.5 Å². The zero-order valence-corrected chi connectivity index (χ0v) is 19.8. The second-order valence-corrected chi connectivity index (χ2v) is 10.1. The number of anilines is 3. The quantitative estimate of drug-likeness (QED) is 0.540. The van der Waals surface area contributed by atoms with Crippen molar-refractivity contribution < 1.29 is 18.3 Å². The van der Waals surface area contributed by atoms with Gasteiger partial charge in [0, 0.05) is 38.9 Å². The highest BCUT2D eigenvalue weighted by atomic mass is 32.2. The lowest BCUT2D eigenvalue weighted by atomic mass is 10.2. The number of amides is 1. The molecule has 0 saturated carbocycles. The van der Waals surface area contributed by atoms with Crippen LogP contribution in [0.1, 0.15) is 0 Å². The molecule has 2 N–H and O–H groups in total. The van der Waals surface area contributed by atoms with Crippen LogP contribution in [-0.2, 0) is 14.8 Å². The van der Waals surface area contributed by atoms with Crippen molar-refractivity contribution in [1.82, 2.24) is 4.90 Å². The number of para-hydroxylation sites is 3. The van der Waals surface area contributed by atoms with E-state index in [9.17, 15) is 18.3 Å². The van der Waals surface area contributed by atoms with Crippen LogP contribution in [0.25, 0.3) is 0 Å². The standard InChI is InChI=1S/C25H28N4O4S/c1-27(21-9-3-2-4-10-21)34(32,33)22-11-7-8-20(18-22)26-25(31)19-28-14-16-29(17-15-28)23-12-5-6-13-24(23)30/h2-13,18,30H,14-17,19H2,1H3,(H,26,31). The van der Waals surface area contributed by atoms with Crippen LogP contribution in [-0.4, -0.2) is 64.1 Å². The third kappa shape index (κ3) is 5.32. The Morgan fingerprint density at radius 3 is 2.32 bits per heavy atom. The molecule has 178 valence electrons. The Morgan fingerprint density at radius 1 is 0.941 bits per heavy atom. The third-order valence-corrected chi connectivity index (χ3v) is 7.64. The first-order chi connectivity index (χ1) is 16.3. The number of carbonyl (C=O) groups excluding carboxylic acids is 1. The molecule has 1 heterocycles. The number of nitrogens with zero attached hydrogens (tertiary/aromatic N) is 3. The number of rotatable bonds is 7. The van der Waals surface area contributed by atoms with Crippen LogP contribution in [0.3, 0.4) is 0 Å². The smallest absolute Gasteiger partial charge is 0.264 e. The first kappa shape index (κ1) is 23.6. The van der Waals surface area contributed by atoms with Gasteiger partial charge in [-0.15, -0.1) is 0 Å². The molecule has 0 atom stereocenters. The van der Waals surface area contributed by atoms with Crippen LogP contribution in [0.2, 0.25) is 0 Å². The molecule has 1 saturated heterocycles. The molecule has 34 heavy (non-hydrogen) atoms. The molecule has 3 aromatic rings. The highest BCUT2D eigenvalue weighted by Gasteiger charge is 2.23. The molecular formula is C25H28N4O4S. The van der Waals surface area contributed by atoms with E-state index < -0.39 is 10.0 Å². The Hall–Kier alpha value is -3.56. The average Bonchev–Trinajstić information content (AvgIpc) is 2.85. The van der Waals surface area contributed by atoms with Gasteiger partial charge in [-0.1, -0.05) is 36.4 Å². The maximum atomic E-state index is 13.0. The van der Waals surface area contributed by atoms with Gasteiger partial charge in [0.05, 0.1) is 22.8 Å². The van der Waals surface area contributed by atoms with Gasteiger partial charge in [0.15, 0.2) is 0 Å². The fourth-order valence-corrected chi connectivity index (χ4v) is 5.19. The van der Waals surface area contributed by atoms with E-state index >= 15 is 0 Å². The Bertz CT molecular complexity index is 1240. The molecule has 1 aliphatic heterocycles. The number of sulfonamides is 1. The van der Waals surface area contributed by atoms with E-state index in [2.05, 4.69) is 10.2 Å². The molecule has 0 unspecified atom stereocenters. The summed E-state index contributed by atoms with van der Waals surface area (Å²) in [5, 5.41) is 12.9. The fraction of sp³-hybridized carbons (Fsp3) is 0.240. The monoisotopic (exact) mass is 480 g/mol. The van der Waals surface area contributed by atoms with Gasteiger partial charge in [0.25, 0.3) is 10.0 Å². The molecule has 0 aromatic heterocycles. The number of hydrogen-bond donors (Lipinski definition) is 2. The first-order valence-electron chi connectivity index (χ1n) is 11.0. The molecule has 4 rings (SSSR count). The normalized spacial score (nSPS) is 14.6. The second kappa shape index (κ2) is 10.1. The lowest BCUT2D eigenvalue weighted by molar-refractivity contribution is -0.117. The summed E-state index contributed by atoms with van der Waals surface area (Å²) in [5.74, 6) is 0.0448. The lowest BCUT2D eigenvalue weighted by Gasteiger charge is -2.35. The molecule has 0 radical (unpaired) electrons. The third-order valence-electron chi connectivity index (χ3n) is 5.86. The van der Waals surface area contributed by atoms with Gasteiger partial charge in [-0.05, 0) is 42.5 Å². The topological polar surface area (TPSA) is 93.2 Å². The Balaban J connectivity index is 1.35. The molecule has 1 fully saturated rings. The van der Waals surface area contributed by atoms with Gasteiger partial charge < -0.3 is 15.3 Å². The Kier molecular flexibility index (Phi) is 7.04. The average molecular weight is 481 g/mol. The summed E-state index contributed by atoms with van der Waals surface area (Å²) in [6.45, 7) is 2.96. The number of nitrogens with one attached hydrogen (secondary N) is 1. The molecule has 3 aromatic carbocycles. The van der Waals surface area contributed by atoms with Crippen molar-refractivity contribution in [3.63, 3.8) is 0 Å². The van der Waals surface area contributed by atoms with Gasteiger partial charge in [0.2, 0.25) is 5.91 Å². The maximum absolute atomic E-state index is 13.0. The summed E-state index contributed by atoms with van der Waals surface area (Å²) in [4.78, 5) is 16.9. The Morgan fingerprint density at radius 2 is 1.62 bits per heavy atom. The largest absolute Gasteiger partial charge is 0.506 e. The van der Waals surface area contributed by atoms with E-state index in [0.717, 1.165) is 5.69 Å². The lowest BCUT2D eigenvalue weighted by Crippen LogP contribution is -2.48. The van der Waals surface area contributed by atoms with Crippen LogP contribution in [0.5, 0.6) is 5.75 Å². The molecule has 0 spiro atoms. The van der Waals surface area contributed by atoms with Crippen molar-refractivity contribution in [2.75, 3.05) is 54.3 Å². The second-order valence-electron chi connectivity index (χ2n) is 8.14. The van der Waals surface area contributed by atoms with Crippen LogP contribution in [0.15, 0.2) is 83.8 Å². The van der Waals surface area contributed by atoms with E-state index in [4.69, 9.17) is 0 Å². The SMILES string of the molecule is CN(c1ccccc1)S(=O)(=O)c1cccc(NC(=O)CN2CCN(c3ccccc3O)CC2)c1. The summed E-state index contributed by atoms with van der Waals surface area (Å²) >= 11 is 0. The number of carbonyl (C=O) groups is 1. The molecule has 9 heteroatoms. The van der Waals surface area contributed by atoms with Crippen molar-refractivity contribution in [1.29, 1.82) is 0 Å². The zero-order chi connectivity index (χ0) is 24.1. The number of hydrogen-bond acceptors (Lipinski definition) is 6. The van der Waals surface area contributed by atoms with Crippen molar-refractivity contribution in [3.05, 3.63) is 78.9 Å². The summed E-state index contributed by atoms with van der Waals surface area (Å²) < 4.78 is 27.3. The van der Waals surface area contributed by atoms with E-state index in [0.29, 0.717) is 37.6 Å². The number of piperazine rings is 1. The summed E-state index contributed by atoms with van der Waals surface area (Å²) in [6.07, 6.45) is 0. The number of phenolic OH excluding ortho intramolecular Hbond substituents is 1. The van der Waals surface area contributed by atoms with Crippen molar-refractivity contribution >= 4 is 33.0 Å². The van der Waals surface area contributed by atoms with Crippen molar-refractivity contribution in [2.24, 2.45) is 0 Å². The van der Waals surface area contributed by atoms with E-state index in [1.807, 2.05) is 23.1 Å². The molecule has 1 aliphatic rings. The minimum atomic E-state index is -3.77. The van der Waals surface area contributed by atoms with Crippen LogP contribution < -0.4 is 14.5 Å².